The first-order valence-corrected chi connectivity index (χ1v) is 10.2. The number of carbonyl (C=O) groups is 2. The number of hydrogen-bond acceptors (Lipinski definition) is 5. The molecule has 2 amide bonds. The van der Waals surface area contributed by atoms with Crippen LogP contribution in [0.15, 0.2) is 29.2 Å². The highest BCUT2D eigenvalue weighted by Gasteiger charge is 2.29. The number of amides is 2. The van der Waals surface area contributed by atoms with Crippen LogP contribution in [0.2, 0.25) is 0 Å². The van der Waals surface area contributed by atoms with Gasteiger partial charge in [0, 0.05) is 37.8 Å². The van der Waals surface area contributed by atoms with E-state index in [2.05, 4.69) is 4.72 Å². The van der Waals surface area contributed by atoms with E-state index in [-0.39, 0.29) is 22.9 Å². The lowest BCUT2D eigenvalue weighted by Gasteiger charge is -2.34. The summed E-state index contributed by atoms with van der Waals surface area (Å²) in [6, 6.07) is 6.08. The highest BCUT2D eigenvalue weighted by Crippen LogP contribution is 2.23. The SMILES string of the molecule is CCOC(=O)N1CCN(C(=O)c2cccc(S(=O)(=O)NC3CC3)c2)CC1. The van der Waals surface area contributed by atoms with Crippen molar-refractivity contribution in [2.45, 2.75) is 30.7 Å². The Kier molecular flexibility index (Phi) is 5.47. The number of piperazine rings is 1. The van der Waals surface area contributed by atoms with Crippen molar-refractivity contribution in [1.29, 1.82) is 0 Å². The van der Waals surface area contributed by atoms with Gasteiger partial charge in [0.25, 0.3) is 5.91 Å². The zero-order valence-electron chi connectivity index (χ0n) is 14.7. The number of nitrogens with one attached hydrogen (secondary N) is 1. The monoisotopic (exact) mass is 381 g/mol. The molecule has 2 aliphatic rings. The first-order valence-electron chi connectivity index (χ1n) is 8.74. The van der Waals surface area contributed by atoms with Crippen LogP contribution in [0.25, 0.3) is 0 Å². The minimum atomic E-state index is -3.60. The number of nitrogens with zero attached hydrogens (tertiary/aromatic N) is 2. The number of ether oxygens (including phenoxy) is 1. The molecule has 1 aromatic rings. The quantitative estimate of drug-likeness (QED) is 0.822. The summed E-state index contributed by atoms with van der Waals surface area (Å²) in [5.41, 5.74) is 0.327. The molecule has 1 saturated heterocycles. The van der Waals surface area contributed by atoms with Crippen molar-refractivity contribution < 1.29 is 22.7 Å². The van der Waals surface area contributed by atoms with Crippen molar-refractivity contribution in [3.63, 3.8) is 0 Å². The zero-order chi connectivity index (χ0) is 18.7. The predicted octanol–water partition coefficient (Wildman–Crippen LogP) is 1.04. The number of hydrogen-bond donors (Lipinski definition) is 1. The normalized spacial score (nSPS) is 17.9. The van der Waals surface area contributed by atoms with Gasteiger partial charge in [-0.3, -0.25) is 4.79 Å². The molecule has 26 heavy (non-hydrogen) atoms. The fourth-order valence-electron chi connectivity index (χ4n) is 2.77. The molecule has 0 bridgehead atoms. The fourth-order valence-corrected chi connectivity index (χ4v) is 4.12. The van der Waals surface area contributed by atoms with E-state index in [1.807, 2.05) is 0 Å². The Hall–Kier alpha value is -2.13. The van der Waals surface area contributed by atoms with Crippen LogP contribution < -0.4 is 4.72 Å². The van der Waals surface area contributed by atoms with Gasteiger partial charge in [-0.1, -0.05) is 6.07 Å². The summed E-state index contributed by atoms with van der Waals surface area (Å²) in [4.78, 5) is 27.7. The van der Waals surface area contributed by atoms with Crippen LogP contribution in [0.4, 0.5) is 4.79 Å². The smallest absolute Gasteiger partial charge is 0.409 e. The number of carbonyl (C=O) groups excluding carboxylic acids is 2. The lowest BCUT2D eigenvalue weighted by atomic mass is 10.2. The van der Waals surface area contributed by atoms with Crippen LogP contribution >= 0.6 is 0 Å². The van der Waals surface area contributed by atoms with E-state index in [1.54, 1.807) is 28.9 Å². The van der Waals surface area contributed by atoms with Gasteiger partial charge in [0.05, 0.1) is 11.5 Å². The van der Waals surface area contributed by atoms with Gasteiger partial charge in [-0.25, -0.2) is 17.9 Å². The molecule has 0 aromatic heterocycles. The van der Waals surface area contributed by atoms with Crippen LogP contribution in [-0.4, -0.2) is 69.0 Å². The first-order chi connectivity index (χ1) is 12.4. The second-order valence-corrected chi connectivity index (χ2v) is 8.12. The van der Waals surface area contributed by atoms with Gasteiger partial charge < -0.3 is 14.5 Å². The van der Waals surface area contributed by atoms with E-state index in [0.29, 0.717) is 38.3 Å². The minimum Gasteiger partial charge on any atom is -0.450 e. The molecule has 1 N–H and O–H groups in total. The molecule has 0 atom stereocenters. The van der Waals surface area contributed by atoms with Gasteiger partial charge in [0.15, 0.2) is 0 Å². The number of benzene rings is 1. The molecular formula is C17H23N3O5S. The molecule has 142 valence electrons. The molecule has 3 rings (SSSR count). The third-order valence-corrected chi connectivity index (χ3v) is 5.90. The maximum absolute atomic E-state index is 12.7. The molecule has 1 aliphatic heterocycles. The summed E-state index contributed by atoms with van der Waals surface area (Å²) in [6.45, 7) is 3.62. The second-order valence-electron chi connectivity index (χ2n) is 6.40. The van der Waals surface area contributed by atoms with Crippen LogP contribution in [0.3, 0.4) is 0 Å². The largest absolute Gasteiger partial charge is 0.450 e. The van der Waals surface area contributed by atoms with E-state index in [0.717, 1.165) is 12.8 Å². The summed E-state index contributed by atoms with van der Waals surface area (Å²) in [7, 11) is -3.60. The molecule has 9 heteroatoms. The summed E-state index contributed by atoms with van der Waals surface area (Å²) in [5.74, 6) is -0.239. The number of sulfonamides is 1. The third kappa shape index (κ3) is 4.34. The maximum Gasteiger partial charge on any atom is 0.409 e. The molecule has 0 spiro atoms. The molecule has 1 aromatic carbocycles. The molecule has 0 radical (unpaired) electrons. The Balaban J connectivity index is 1.65. The van der Waals surface area contributed by atoms with Gasteiger partial charge in [0.1, 0.15) is 0 Å². The lowest BCUT2D eigenvalue weighted by Crippen LogP contribution is -2.50. The summed E-state index contributed by atoms with van der Waals surface area (Å²) < 4.78 is 32.2. The molecule has 1 saturated carbocycles. The van der Waals surface area contributed by atoms with E-state index >= 15 is 0 Å². The Labute approximate surface area is 153 Å². The van der Waals surface area contributed by atoms with Crippen molar-refractivity contribution in [2.75, 3.05) is 32.8 Å². The fraction of sp³-hybridized carbons (Fsp3) is 0.529. The van der Waals surface area contributed by atoms with Crippen LogP contribution in [-0.2, 0) is 14.8 Å². The van der Waals surface area contributed by atoms with Gasteiger partial charge in [0.2, 0.25) is 10.0 Å². The van der Waals surface area contributed by atoms with E-state index < -0.39 is 10.0 Å². The molecule has 2 fully saturated rings. The van der Waals surface area contributed by atoms with Crippen molar-refractivity contribution >= 4 is 22.0 Å². The van der Waals surface area contributed by atoms with Gasteiger partial charge >= 0.3 is 6.09 Å². The van der Waals surface area contributed by atoms with E-state index in [4.69, 9.17) is 4.74 Å². The molecule has 0 unspecified atom stereocenters. The second kappa shape index (κ2) is 7.63. The topological polar surface area (TPSA) is 96.0 Å². The number of rotatable bonds is 5. The Bertz CT molecular complexity index is 783. The Morgan fingerprint density at radius 2 is 1.81 bits per heavy atom. The standard InChI is InChI=1S/C17H23N3O5S/c1-2-25-17(22)20-10-8-19(9-11-20)16(21)13-4-3-5-15(12-13)26(23,24)18-14-6-7-14/h3-5,12,14,18H,2,6-11H2,1H3. The van der Waals surface area contributed by atoms with E-state index in [9.17, 15) is 18.0 Å². The molecule has 8 nitrogen and oxygen atoms in total. The third-order valence-electron chi connectivity index (χ3n) is 4.38. The summed E-state index contributed by atoms with van der Waals surface area (Å²) >= 11 is 0. The molecule has 1 heterocycles. The van der Waals surface area contributed by atoms with Crippen molar-refractivity contribution in [2.24, 2.45) is 0 Å². The Morgan fingerprint density at radius 3 is 2.42 bits per heavy atom. The average molecular weight is 381 g/mol. The van der Waals surface area contributed by atoms with Gasteiger partial charge in [-0.05, 0) is 38.0 Å². The highest BCUT2D eigenvalue weighted by atomic mass is 32.2. The van der Waals surface area contributed by atoms with Crippen molar-refractivity contribution in [3.05, 3.63) is 29.8 Å². The predicted molar refractivity (Wildman–Crippen MR) is 94.3 cm³/mol. The highest BCUT2D eigenvalue weighted by molar-refractivity contribution is 7.89. The van der Waals surface area contributed by atoms with E-state index in [1.165, 1.54) is 12.1 Å². The Morgan fingerprint density at radius 1 is 1.15 bits per heavy atom. The molecule has 1 aliphatic carbocycles. The summed E-state index contributed by atoms with van der Waals surface area (Å²) in [5, 5.41) is 0. The average Bonchev–Trinajstić information content (AvgIpc) is 3.45. The molecular weight excluding hydrogens is 358 g/mol. The summed E-state index contributed by atoms with van der Waals surface area (Å²) in [6.07, 6.45) is 1.32. The lowest BCUT2D eigenvalue weighted by molar-refractivity contribution is 0.0570. The van der Waals surface area contributed by atoms with Crippen LogP contribution in [0, 0.1) is 0 Å². The first kappa shape index (κ1) is 18.7. The van der Waals surface area contributed by atoms with Gasteiger partial charge in [-0.2, -0.15) is 0 Å². The van der Waals surface area contributed by atoms with Crippen LogP contribution in [0.1, 0.15) is 30.1 Å². The minimum absolute atomic E-state index is 0.00955. The van der Waals surface area contributed by atoms with Crippen molar-refractivity contribution in [1.82, 2.24) is 14.5 Å². The zero-order valence-corrected chi connectivity index (χ0v) is 15.5. The van der Waals surface area contributed by atoms with Crippen molar-refractivity contribution in [3.8, 4) is 0 Å². The van der Waals surface area contributed by atoms with Crippen LogP contribution in [0.5, 0.6) is 0 Å². The van der Waals surface area contributed by atoms with Gasteiger partial charge in [-0.15, -0.1) is 0 Å². The maximum atomic E-state index is 12.7.